The van der Waals surface area contributed by atoms with Crippen molar-refractivity contribution in [2.75, 3.05) is 0 Å². The molecule has 0 unspecified atom stereocenters. The van der Waals surface area contributed by atoms with Crippen LogP contribution in [0.5, 0.6) is 0 Å². The van der Waals surface area contributed by atoms with Crippen LogP contribution in [-0.4, -0.2) is 32.0 Å². The molecule has 0 aliphatic rings. The third kappa shape index (κ3) is 4.88. The van der Waals surface area contributed by atoms with Crippen molar-refractivity contribution in [1.82, 2.24) is 0 Å². The average Bonchev–Trinajstić information content (AvgIpc) is 2.14. The first-order valence-electron chi connectivity index (χ1n) is 4.73. The van der Waals surface area contributed by atoms with Crippen molar-refractivity contribution in [3.05, 3.63) is 0 Å². The maximum atomic E-state index is 12.0. The second kappa shape index (κ2) is 5.65. The molecular formula is C8H10F6O2Si. The molecule has 0 aliphatic carbocycles. The summed E-state index contributed by atoms with van der Waals surface area (Å²) in [4.78, 5) is 21.5. The van der Waals surface area contributed by atoms with E-state index in [0.29, 0.717) is 6.42 Å². The monoisotopic (exact) mass is 280 g/mol. The van der Waals surface area contributed by atoms with Crippen LogP contribution in [0.25, 0.3) is 0 Å². The molecule has 100 valence electrons. The molecule has 0 radical (unpaired) electrons. The minimum absolute atomic E-state index is 0.000525. The summed E-state index contributed by atoms with van der Waals surface area (Å²) in [7, 11) is -4.22. The van der Waals surface area contributed by atoms with Crippen LogP contribution >= 0.6 is 0 Å². The zero-order valence-electron chi connectivity index (χ0n) is 8.78. The number of rotatable bonds is 5. The summed E-state index contributed by atoms with van der Waals surface area (Å²) in [5, 5.41) is -4.98. The van der Waals surface area contributed by atoms with E-state index in [1.165, 1.54) is 0 Å². The largest absolute Gasteiger partial charge is 0.445 e. The summed E-state index contributed by atoms with van der Waals surface area (Å²) in [6, 6.07) is -0.604. The van der Waals surface area contributed by atoms with Gasteiger partial charge in [0.2, 0.25) is 19.6 Å². The number of hydrogen-bond donors (Lipinski definition) is 0. The Morgan fingerprint density at radius 3 is 1.53 bits per heavy atom. The molecule has 17 heavy (non-hydrogen) atoms. The Kier molecular flexibility index (Phi) is 5.36. The normalized spacial score (nSPS) is 12.9. The summed E-state index contributed by atoms with van der Waals surface area (Å²) < 4.78 is 72.2. The Morgan fingerprint density at radius 2 is 1.29 bits per heavy atom. The van der Waals surface area contributed by atoms with Gasteiger partial charge in [-0.05, 0) is 6.04 Å². The molecule has 0 rings (SSSR count). The van der Waals surface area contributed by atoms with E-state index < -0.39 is 38.0 Å². The topological polar surface area (TPSA) is 34.1 Å². The first kappa shape index (κ1) is 16.1. The standard InChI is InChI=1S/C8H10F6O2Si/c1-2-3-4-17(5(15)7(9,10)11)6(16)8(12,13)14/h17H,2-4H2,1H3. The quantitative estimate of drug-likeness (QED) is 0.572. The third-order valence-corrected chi connectivity index (χ3v) is 4.94. The zero-order valence-corrected chi connectivity index (χ0v) is 9.94. The van der Waals surface area contributed by atoms with Gasteiger partial charge in [-0.3, -0.25) is 9.59 Å². The summed E-state index contributed by atoms with van der Waals surface area (Å²) in [6.45, 7) is 1.54. The maximum Gasteiger partial charge on any atom is 0.445 e. The molecule has 0 heterocycles. The summed E-state index contributed by atoms with van der Waals surface area (Å²) in [5.41, 5.74) is 0. The van der Waals surface area contributed by atoms with E-state index in [0.717, 1.165) is 0 Å². The Morgan fingerprint density at radius 1 is 0.941 bits per heavy atom. The van der Waals surface area contributed by atoms with Crippen LogP contribution in [0.15, 0.2) is 0 Å². The Balaban J connectivity index is 5.02. The lowest BCUT2D eigenvalue weighted by atomic mass is 10.4. The number of hydrogen-bond acceptors (Lipinski definition) is 2. The van der Waals surface area contributed by atoms with E-state index in [-0.39, 0.29) is 6.42 Å². The highest BCUT2D eigenvalue weighted by Crippen LogP contribution is 2.25. The lowest BCUT2D eigenvalue weighted by Crippen LogP contribution is -2.49. The SMILES string of the molecule is CCCC[SiH](C(=O)C(F)(F)F)C(=O)C(F)(F)F. The summed E-state index contributed by atoms with van der Waals surface area (Å²) >= 11 is 0. The number of unbranched alkanes of at least 4 members (excludes halogenated alkanes) is 1. The van der Waals surface area contributed by atoms with E-state index in [1.807, 2.05) is 0 Å². The van der Waals surface area contributed by atoms with Crippen LogP contribution < -0.4 is 0 Å². The second-order valence-corrected chi connectivity index (χ2v) is 6.15. The highest BCUT2D eigenvalue weighted by Gasteiger charge is 2.53. The van der Waals surface area contributed by atoms with Gasteiger partial charge < -0.3 is 0 Å². The first-order valence-corrected chi connectivity index (χ1v) is 6.71. The molecular weight excluding hydrogens is 270 g/mol. The van der Waals surface area contributed by atoms with Gasteiger partial charge in [0.15, 0.2) is 0 Å². The van der Waals surface area contributed by atoms with Crippen molar-refractivity contribution < 1.29 is 35.9 Å². The zero-order chi connectivity index (χ0) is 13.9. The lowest BCUT2D eigenvalue weighted by molar-refractivity contribution is -0.168. The van der Waals surface area contributed by atoms with Crippen molar-refractivity contribution >= 4 is 19.6 Å². The van der Waals surface area contributed by atoms with Crippen LogP contribution in [0.4, 0.5) is 26.3 Å². The van der Waals surface area contributed by atoms with Gasteiger partial charge in [-0.25, -0.2) is 0 Å². The van der Waals surface area contributed by atoms with Crippen molar-refractivity contribution in [2.24, 2.45) is 0 Å². The van der Waals surface area contributed by atoms with Crippen molar-refractivity contribution in [3.8, 4) is 0 Å². The molecule has 0 N–H and O–H groups in total. The van der Waals surface area contributed by atoms with Gasteiger partial charge in [-0.2, -0.15) is 26.3 Å². The van der Waals surface area contributed by atoms with Gasteiger partial charge in [0.05, 0.1) is 0 Å². The molecule has 9 heteroatoms. The molecule has 0 aromatic rings. The fourth-order valence-corrected chi connectivity index (χ4v) is 3.55. The van der Waals surface area contributed by atoms with E-state index in [9.17, 15) is 35.9 Å². The van der Waals surface area contributed by atoms with Crippen molar-refractivity contribution in [3.63, 3.8) is 0 Å². The molecule has 0 bridgehead atoms. The molecule has 0 aliphatic heterocycles. The molecule has 0 aromatic heterocycles. The van der Waals surface area contributed by atoms with E-state index in [2.05, 4.69) is 0 Å². The van der Waals surface area contributed by atoms with E-state index >= 15 is 0 Å². The molecule has 0 saturated carbocycles. The molecule has 0 saturated heterocycles. The number of carbonyl (C=O) groups is 2. The predicted molar refractivity (Wildman–Crippen MR) is 49.0 cm³/mol. The van der Waals surface area contributed by atoms with Crippen LogP contribution in [0.3, 0.4) is 0 Å². The van der Waals surface area contributed by atoms with Gasteiger partial charge in [0.1, 0.15) is 0 Å². The van der Waals surface area contributed by atoms with Gasteiger partial charge in [0, 0.05) is 0 Å². The molecule has 0 amide bonds. The maximum absolute atomic E-state index is 12.0. The smallest absolute Gasteiger partial charge is 0.295 e. The number of alkyl halides is 6. The van der Waals surface area contributed by atoms with E-state index in [1.54, 1.807) is 6.92 Å². The molecule has 0 aromatic carbocycles. The molecule has 0 fully saturated rings. The fraction of sp³-hybridized carbons (Fsp3) is 0.750. The number of halogens is 6. The molecule has 2 nitrogen and oxygen atoms in total. The van der Waals surface area contributed by atoms with Gasteiger partial charge >= 0.3 is 12.4 Å². The minimum Gasteiger partial charge on any atom is -0.295 e. The third-order valence-electron chi connectivity index (χ3n) is 2.04. The van der Waals surface area contributed by atoms with Crippen LogP contribution in [-0.2, 0) is 9.59 Å². The van der Waals surface area contributed by atoms with E-state index in [4.69, 9.17) is 0 Å². The van der Waals surface area contributed by atoms with Gasteiger partial charge in [-0.1, -0.05) is 19.8 Å². The van der Waals surface area contributed by atoms with Crippen molar-refractivity contribution in [2.45, 2.75) is 38.2 Å². The molecule has 0 atom stereocenters. The van der Waals surface area contributed by atoms with Crippen LogP contribution in [0.2, 0.25) is 6.04 Å². The summed E-state index contributed by atoms with van der Waals surface area (Å²) in [6.07, 6.45) is -10.4. The Bertz CT molecular complexity index is 269. The predicted octanol–water partition coefficient (Wildman–Crippen LogP) is 2.35. The Labute approximate surface area is 94.6 Å². The van der Waals surface area contributed by atoms with Crippen LogP contribution in [0, 0.1) is 0 Å². The lowest BCUT2D eigenvalue weighted by Gasteiger charge is -2.15. The van der Waals surface area contributed by atoms with Gasteiger partial charge in [0.25, 0.3) is 0 Å². The molecule has 0 spiro atoms. The Hall–Kier alpha value is -0.863. The highest BCUT2D eigenvalue weighted by atomic mass is 28.3. The van der Waals surface area contributed by atoms with Crippen LogP contribution in [0.1, 0.15) is 19.8 Å². The van der Waals surface area contributed by atoms with Crippen molar-refractivity contribution in [1.29, 1.82) is 0 Å². The first-order chi connectivity index (χ1) is 7.51. The fourth-order valence-electron chi connectivity index (χ4n) is 1.18. The average molecular weight is 280 g/mol. The summed E-state index contributed by atoms with van der Waals surface area (Å²) in [5.74, 6) is 0. The highest BCUT2D eigenvalue weighted by molar-refractivity contribution is 7.12. The minimum atomic E-state index is -5.37. The second-order valence-electron chi connectivity index (χ2n) is 3.42. The van der Waals surface area contributed by atoms with Gasteiger partial charge in [-0.15, -0.1) is 0 Å². The number of carbonyl (C=O) groups excluding carboxylic acids is 2.